The zero-order chi connectivity index (χ0) is 19.1. The van der Waals surface area contributed by atoms with Gasteiger partial charge in [0.2, 0.25) is 0 Å². The fraction of sp³-hybridized carbons (Fsp3) is 0. The van der Waals surface area contributed by atoms with Crippen LogP contribution in [0.25, 0.3) is 43.8 Å². The molecule has 0 N–H and O–H groups in total. The maximum absolute atomic E-state index is 13.7. The molecule has 0 bridgehead atoms. The predicted molar refractivity (Wildman–Crippen MR) is 112 cm³/mol. The molecule has 0 radical (unpaired) electrons. The normalized spacial score (nSPS) is 11.2. The van der Waals surface area contributed by atoms with Gasteiger partial charge in [0.25, 0.3) is 0 Å². The molecule has 28 heavy (non-hydrogen) atoms. The van der Waals surface area contributed by atoms with Crippen LogP contribution in [0, 0.1) is 11.6 Å². The van der Waals surface area contributed by atoms with E-state index in [9.17, 15) is 8.78 Å². The molecule has 0 atom stereocenters. The van der Waals surface area contributed by atoms with Crippen molar-refractivity contribution in [3.8, 4) is 22.3 Å². The number of benzene rings is 5. The lowest BCUT2D eigenvalue weighted by atomic mass is 9.92. The van der Waals surface area contributed by atoms with Gasteiger partial charge in [0.1, 0.15) is 11.6 Å². The second kappa shape index (κ2) is 6.58. The first-order valence-electron chi connectivity index (χ1n) is 9.16. The van der Waals surface area contributed by atoms with E-state index in [0.717, 1.165) is 43.8 Å². The van der Waals surface area contributed by atoms with Crippen molar-refractivity contribution < 1.29 is 8.78 Å². The van der Waals surface area contributed by atoms with E-state index < -0.39 is 0 Å². The monoisotopic (exact) mass is 366 g/mol. The van der Waals surface area contributed by atoms with Gasteiger partial charge < -0.3 is 0 Å². The highest BCUT2D eigenvalue weighted by atomic mass is 19.1. The third-order valence-electron chi connectivity index (χ3n) is 5.15. The van der Waals surface area contributed by atoms with Gasteiger partial charge in [0.15, 0.2) is 0 Å². The van der Waals surface area contributed by atoms with Crippen LogP contribution in [0.1, 0.15) is 0 Å². The van der Waals surface area contributed by atoms with Gasteiger partial charge in [0.05, 0.1) is 0 Å². The molecule has 0 aliphatic heterocycles. The summed E-state index contributed by atoms with van der Waals surface area (Å²) in [7, 11) is 0. The number of fused-ring (bicyclic) bond motifs is 2. The summed E-state index contributed by atoms with van der Waals surface area (Å²) in [4.78, 5) is 0. The quantitative estimate of drug-likeness (QED) is 0.282. The van der Waals surface area contributed by atoms with Crippen LogP contribution in [0.2, 0.25) is 0 Å². The van der Waals surface area contributed by atoms with Gasteiger partial charge in [-0.05, 0) is 80.2 Å². The Morgan fingerprint density at radius 1 is 0.429 bits per heavy atom. The van der Waals surface area contributed by atoms with Gasteiger partial charge in [-0.2, -0.15) is 0 Å². The summed E-state index contributed by atoms with van der Waals surface area (Å²) >= 11 is 0. The zero-order valence-electron chi connectivity index (χ0n) is 15.0. The Balaban J connectivity index is 1.79. The Morgan fingerprint density at radius 3 is 1.29 bits per heavy atom. The molecular weight excluding hydrogens is 350 g/mol. The minimum atomic E-state index is -0.247. The third kappa shape index (κ3) is 2.84. The molecule has 0 spiro atoms. The van der Waals surface area contributed by atoms with Crippen LogP contribution >= 0.6 is 0 Å². The number of halogens is 2. The molecule has 0 fully saturated rings. The maximum atomic E-state index is 13.7. The fourth-order valence-corrected chi connectivity index (χ4v) is 3.87. The Morgan fingerprint density at radius 2 is 0.857 bits per heavy atom. The molecule has 0 saturated heterocycles. The summed E-state index contributed by atoms with van der Waals surface area (Å²) in [5.74, 6) is -0.493. The predicted octanol–water partition coefficient (Wildman–Crippen LogP) is 7.61. The molecule has 5 rings (SSSR count). The number of hydrogen-bond acceptors (Lipinski definition) is 0. The van der Waals surface area contributed by atoms with Gasteiger partial charge >= 0.3 is 0 Å². The lowest BCUT2D eigenvalue weighted by Gasteiger charge is -2.12. The first-order chi connectivity index (χ1) is 13.7. The molecule has 0 nitrogen and oxygen atoms in total. The first-order valence-corrected chi connectivity index (χ1v) is 9.16. The van der Waals surface area contributed by atoms with Crippen LogP contribution in [0.3, 0.4) is 0 Å². The Hall–Kier alpha value is -3.52. The molecule has 134 valence electrons. The van der Waals surface area contributed by atoms with E-state index in [2.05, 4.69) is 24.3 Å². The van der Waals surface area contributed by atoms with Gasteiger partial charge in [-0.3, -0.25) is 0 Å². The average molecular weight is 366 g/mol. The molecule has 0 aliphatic carbocycles. The van der Waals surface area contributed by atoms with Gasteiger partial charge in [-0.1, -0.05) is 60.7 Å². The van der Waals surface area contributed by atoms with E-state index in [4.69, 9.17) is 0 Å². The van der Waals surface area contributed by atoms with Crippen LogP contribution in [-0.2, 0) is 0 Å². The third-order valence-corrected chi connectivity index (χ3v) is 5.15. The molecule has 0 unspecified atom stereocenters. The first kappa shape index (κ1) is 16.6. The highest BCUT2D eigenvalue weighted by Gasteiger charge is 2.09. The lowest BCUT2D eigenvalue weighted by Crippen LogP contribution is -1.86. The summed E-state index contributed by atoms with van der Waals surface area (Å²) in [6.45, 7) is 0. The lowest BCUT2D eigenvalue weighted by molar-refractivity contribution is 0.628. The largest absolute Gasteiger partial charge is 0.207 e. The molecular formula is C26H16F2. The number of hydrogen-bond donors (Lipinski definition) is 0. The summed E-state index contributed by atoms with van der Waals surface area (Å²) in [5, 5.41) is 4.27. The minimum absolute atomic E-state index is 0.247. The van der Waals surface area contributed by atoms with E-state index in [0.29, 0.717) is 0 Å². The van der Waals surface area contributed by atoms with Crippen molar-refractivity contribution in [2.45, 2.75) is 0 Å². The van der Waals surface area contributed by atoms with Gasteiger partial charge in [0, 0.05) is 0 Å². The molecule has 5 aromatic carbocycles. The standard InChI is InChI=1S/C26H16F2/c27-21-9-1-5-17(13-21)23-11-3-7-19-16-26-20(15-25(19)23)8-4-12-24(26)18-6-2-10-22(28)14-18/h1-16H. The van der Waals surface area contributed by atoms with Crippen LogP contribution in [0.15, 0.2) is 97.1 Å². The Kier molecular flexibility index (Phi) is 3.91. The van der Waals surface area contributed by atoms with Crippen molar-refractivity contribution in [3.63, 3.8) is 0 Å². The molecule has 0 aromatic heterocycles. The second-order valence-corrected chi connectivity index (χ2v) is 6.93. The smallest absolute Gasteiger partial charge is 0.123 e. The van der Waals surface area contributed by atoms with E-state index in [1.807, 2.05) is 36.4 Å². The highest BCUT2D eigenvalue weighted by molar-refractivity contribution is 6.08. The molecule has 0 heterocycles. The molecule has 5 aromatic rings. The second-order valence-electron chi connectivity index (χ2n) is 6.93. The average Bonchev–Trinajstić information content (AvgIpc) is 2.71. The maximum Gasteiger partial charge on any atom is 0.123 e. The van der Waals surface area contributed by atoms with Crippen molar-refractivity contribution >= 4 is 21.5 Å². The summed E-state index contributed by atoms with van der Waals surface area (Å²) in [6, 6.07) is 29.7. The van der Waals surface area contributed by atoms with E-state index in [1.165, 1.54) is 12.1 Å². The Labute approximate surface area is 161 Å². The van der Waals surface area contributed by atoms with Crippen molar-refractivity contribution in [2.24, 2.45) is 0 Å². The van der Waals surface area contributed by atoms with Crippen molar-refractivity contribution in [1.29, 1.82) is 0 Å². The van der Waals surface area contributed by atoms with Crippen molar-refractivity contribution in [1.82, 2.24) is 0 Å². The SMILES string of the molecule is Fc1cccc(-c2cccc3cc4c(-c5cccc(F)c5)cccc4cc23)c1. The fourth-order valence-electron chi connectivity index (χ4n) is 3.87. The molecule has 0 saturated carbocycles. The summed E-state index contributed by atoms with van der Waals surface area (Å²) < 4.78 is 27.5. The summed E-state index contributed by atoms with van der Waals surface area (Å²) in [6.07, 6.45) is 0. The topological polar surface area (TPSA) is 0 Å². The van der Waals surface area contributed by atoms with E-state index in [1.54, 1.807) is 24.3 Å². The van der Waals surface area contributed by atoms with Crippen molar-refractivity contribution in [3.05, 3.63) is 109 Å². The van der Waals surface area contributed by atoms with Gasteiger partial charge in [-0.25, -0.2) is 8.78 Å². The van der Waals surface area contributed by atoms with Crippen LogP contribution < -0.4 is 0 Å². The van der Waals surface area contributed by atoms with Crippen LogP contribution in [-0.4, -0.2) is 0 Å². The summed E-state index contributed by atoms with van der Waals surface area (Å²) in [5.41, 5.74) is 3.70. The molecule has 0 aliphatic rings. The highest BCUT2D eigenvalue weighted by Crippen LogP contribution is 2.36. The van der Waals surface area contributed by atoms with Crippen LogP contribution in [0.4, 0.5) is 8.78 Å². The van der Waals surface area contributed by atoms with Crippen molar-refractivity contribution in [2.75, 3.05) is 0 Å². The van der Waals surface area contributed by atoms with Gasteiger partial charge in [-0.15, -0.1) is 0 Å². The number of rotatable bonds is 2. The minimum Gasteiger partial charge on any atom is -0.207 e. The molecule has 0 amide bonds. The van der Waals surface area contributed by atoms with E-state index >= 15 is 0 Å². The molecule has 2 heteroatoms. The van der Waals surface area contributed by atoms with E-state index in [-0.39, 0.29) is 11.6 Å². The zero-order valence-corrected chi connectivity index (χ0v) is 15.0. The Bertz CT molecular complexity index is 1230. The van der Waals surface area contributed by atoms with Crippen LogP contribution in [0.5, 0.6) is 0 Å².